The molecule has 0 bridgehead atoms. The van der Waals surface area contributed by atoms with E-state index in [0.29, 0.717) is 29.1 Å². The van der Waals surface area contributed by atoms with E-state index in [9.17, 15) is 4.79 Å². The number of piperidine rings is 1. The number of carbonyl (C=O) groups excluding carboxylic acids is 1. The number of benzene rings is 1. The molecule has 9 heteroatoms. The molecule has 1 aliphatic rings. The van der Waals surface area contributed by atoms with Gasteiger partial charge in [-0.15, -0.1) is 17.5 Å². The number of nitrogens with one attached hydrogen (secondary N) is 2. The van der Waals surface area contributed by atoms with Gasteiger partial charge in [-0.2, -0.15) is 0 Å². The van der Waals surface area contributed by atoms with Gasteiger partial charge in [0.05, 0.1) is 19.3 Å². The highest BCUT2D eigenvalue weighted by Crippen LogP contribution is 2.22. The molecule has 1 saturated heterocycles. The zero-order chi connectivity index (χ0) is 16.9. The molecule has 3 rings (SSSR count). The van der Waals surface area contributed by atoms with Crippen LogP contribution in [-0.2, 0) is 6.54 Å². The fourth-order valence-electron chi connectivity index (χ4n) is 2.78. The standard InChI is InChI=1S/C16H20ClN5O2.ClH/c1-24-15-3-2-12(17)8-11(15)9-19-16(23)14-10-22(21-20-14)13-4-6-18-7-5-13;/h2-3,8,10,13,18H,4-7,9H2,1H3,(H,19,23);1H. The summed E-state index contributed by atoms with van der Waals surface area (Å²) >= 11 is 6.00. The van der Waals surface area contributed by atoms with Crippen LogP contribution in [0.3, 0.4) is 0 Å². The third-order valence-electron chi connectivity index (χ3n) is 4.11. The van der Waals surface area contributed by atoms with Crippen LogP contribution in [0, 0.1) is 0 Å². The molecule has 0 atom stereocenters. The predicted molar refractivity (Wildman–Crippen MR) is 97.6 cm³/mol. The van der Waals surface area contributed by atoms with Gasteiger partial charge in [-0.1, -0.05) is 16.8 Å². The molecule has 136 valence electrons. The lowest BCUT2D eigenvalue weighted by Gasteiger charge is -2.22. The van der Waals surface area contributed by atoms with Crippen LogP contribution in [-0.4, -0.2) is 41.1 Å². The van der Waals surface area contributed by atoms with Crippen molar-refractivity contribution in [2.45, 2.75) is 25.4 Å². The molecule has 0 radical (unpaired) electrons. The van der Waals surface area contributed by atoms with Crippen molar-refractivity contribution in [2.75, 3.05) is 20.2 Å². The predicted octanol–water partition coefficient (Wildman–Crippen LogP) is 2.22. The van der Waals surface area contributed by atoms with Crippen molar-refractivity contribution in [2.24, 2.45) is 0 Å². The Morgan fingerprint density at radius 3 is 2.92 bits per heavy atom. The van der Waals surface area contributed by atoms with Crippen LogP contribution in [0.25, 0.3) is 0 Å². The smallest absolute Gasteiger partial charge is 0.273 e. The van der Waals surface area contributed by atoms with Gasteiger partial charge in [0.1, 0.15) is 5.75 Å². The Morgan fingerprint density at radius 1 is 1.44 bits per heavy atom. The summed E-state index contributed by atoms with van der Waals surface area (Å²) in [4.78, 5) is 12.3. The summed E-state index contributed by atoms with van der Waals surface area (Å²) in [6.45, 7) is 2.23. The summed E-state index contributed by atoms with van der Waals surface area (Å²) < 4.78 is 7.06. The molecule has 25 heavy (non-hydrogen) atoms. The van der Waals surface area contributed by atoms with E-state index < -0.39 is 0 Å². The third-order valence-corrected chi connectivity index (χ3v) is 4.34. The zero-order valence-electron chi connectivity index (χ0n) is 13.9. The largest absolute Gasteiger partial charge is 0.496 e. The molecule has 2 aromatic rings. The van der Waals surface area contributed by atoms with Gasteiger partial charge in [0.15, 0.2) is 5.69 Å². The zero-order valence-corrected chi connectivity index (χ0v) is 15.4. The Hall–Kier alpha value is -1.83. The first kappa shape index (κ1) is 19.5. The Balaban J connectivity index is 0.00000225. The quantitative estimate of drug-likeness (QED) is 0.824. The van der Waals surface area contributed by atoms with Crippen LogP contribution < -0.4 is 15.4 Å². The Labute approximate surface area is 157 Å². The lowest BCUT2D eigenvalue weighted by molar-refractivity contribution is 0.0945. The normalized spacial score (nSPS) is 14.6. The van der Waals surface area contributed by atoms with Crippen LogP contribution >= 0.6 is 24.0 Å². The summed E-state index contributed by atoms with van der Waals surface area (Å²) in [6, 6.07) is 5.59. The first-order chi connectivity index (χ1) is 11.7. The highest BCUT2D eigenvalue weighted by molar-refractivity contribution is 6.30. The number of aromatic nitrogens is 3. The molecule has 1 amide bonds. The van der Waals surface area contributed by atoms with Crippen molar-refractivity contribution in [3.8, 4) is 5.75 Å². The van der Waals surface area contributed by atoms with E-state index in [2.05, 4.69) is 20.9 Å². The summed E-state index contributed by atoms with van der Waals surface area (Å²) in [5, 5.41) is 14.8. The third kappa shape index (κ3) is 4.84. The molecule has 2 N–H and O–H groups in total. The maximum atomic E-state index is 12.3. The van der Waals surface area contributed by atoms with Gasteiger partial charge in [-0.25, -0.2) is 4.68 Å². The van der Waals surface area contributed by atoms with Crippen LogP contribution in [0.15, 0.2) is 24.4 Å². The number of amides is 1. The summed E-state index contributed by atoms with van der Waals surface area (Å²) in [7, 11) is 1.58. The Morgan fingerprint density at radius 2 is 2.20 bits per heavy atom. The molecule has 0 unspecified atom stereocenters. The van der Waals surface area contributed by atoms with Crippen molar-refractivity contribution in [1.29, 1.82) is 0 Å². The highest BCUT2D eigenvalue weighted by Gasteiger charge is 2.18. The number of carbonyl (C=O) groups is 1. The van der Waals surface area contributed by atoms with Gasteiger partial charge in [-0.3, -0.25) is 4.79 Å². The number of methoxy groups -OCH3 is 1. The molecule has 1 aromatic heterocycles. The molecular formula is C16H21Cl2N5O2. The van der Waals surface area contributed by atoms with E-state index in [1.807, 2.05) is 0 Å². The molecule has 0 aliphatic carbocycles. The fourth-order valence-corrected chi connectivity index (χ4v) is 2.98. The average Bonchev–Trinajstić information content (AvgIpc) is 3.11. The fraction of sp³-hybridized carbons (Fsp3) is 0.438. The van der Waals surface area contributed by atoms with Gasteiger partial charge in [0.2, 0.25) is 0 Å². The molecule has 7 nitrogen and oxygen atoms in total. The SMILES string of the molecule is COc1ccc(Cl)cc1CNC(=O)c1cn(C2CCNCC2)nn1.Cl. The Kier molecular flexibility index (Phi) is 7.04. The van der Waals surface area contributed by atoms with E-state index in [1.165, 1.54) is 0 Å². The van der Waals surface area contributed by atoms with Gasteiger partial charge in [0, 0.05) is 17.1 Å². The van der Waals surface area contributed by atoms with Gasteiger partial charge in [-0.05, 0) is 44.1 Å². The number of rotatable bonds is 5. The maximum absolute atomic E-state index is 12.3. The van der Waals surface area contributed by atoms with E-state index in [-0.39, 0.29) is 18.3 Å². The van der Waals surface area contributed by atoms with Crippen molar-refractivity contribution < 1.29 is 9.53 Å². The molecule has 1 aliphatic heterocycles. The van der Waals surface area contributed by atoms with Gasteiger partial charge >= 0.3 is 0 Å². The van der Waals surface area contributed by atoms with Gasteiger partial charge in [0.25, 0.3) is 5.91 Å². The lowest BCUT2D eigenvalue weighted by Crippen LogP contribution is -2.29. The Bertz CT molecular complexity index is 716. The number of halogens is 2. The molecule has 1 fully saturated rings. The minimum Gasteiger partial charge on any atom is -0.496 e. The second-order valence-corrected chi connectivity index (χ2v) is 6.14. The second kappa shape index (κ2) is 9.03. The summed E-state index contributed by atoms with van der Waals surface area (Å²) in [5.74, 6) is 0.412. The van der Waals surface area contributed by atoms with Crippen LogP contribution in [0.5, 0.6) is 5.75 Å². The molecule has 0 saturated carbocycles. The lowest BCUT2D eigenvalue weighted by atomic mass is 10.1. The maximum Gasteiger partial charge on any atom is 0.273 e. The van der Waals surface area contributed by atoms with Crippen LogP contribution in [0.4, 0.5) is 0 Å². The van der Waals surface area contributed by atoms with E-state index in [1.54, 1.807) is 36.2 Å². The topological polar surface area (TPSA) is 81.1 Å². The first-order valence-electron chi connectivity index (χ1n) is 7.90. The second-order valence-electron chi connectivity index (χ2n) is 5.70. The first-order valence-corrected chi connectivity index (χ1v) is 8.28. The number of hydrogen-bond acceptors (Lipinski definition) is 5. The number of ether oxygens (including phenoxy) is 1. The number of hydrogen-bond donors (Lipinski definition) is 2. The van der Waals surface area contributed by atoms with Crippen molar-refractivity contribution in [3.63, 3.8) is 0 Å². The monoisotopic (exact) mass is 385 g/mol. The van der Waals surface area contributed by atoms with E-state index in [4.69, 9.17) is 16.3 Å². The van der Waals surface area contributed by atoms with Crippen LogP contribution in [0.2, 0.25) is 5.02 Å². The molecular weight excluding hydrogens is 365 g/mol. The van der Waals surface area contributed by atoms with E-state index in [0.717, 1.165) is 31.5 Å². The van der Waals surface area contributed by atoms with Crippen LogP contribution in [0.1, 0.15) is 34.9 Å². The molecule has 0 spiro atoms. The molecule has 2 heterocycles. The summed E-state index contributed by atoms with van der Waals surface area (Å²) in [5.41, 5.74) is 1.12. The number of nitrogens with zero attached hydrogens (tertiary/aromatic N) is 3. The van der Waals surface area contributed by atoms with Crippen molar-refractivity contribution >= 4 is 29.9 Å². The molecule has 1 aromatic carbocycles. The van der Waals surface area contributed by atoms with Crippen molar-refractivity contribution in [3.05, 3.63) is 40.7 Å². The summed E-state index contributed by atoms with van der Waals surface area (Å²) in [6.07, 6.45) is 3.69. The van der Waals surface area contributed by atoms with E-state index >= 15 is 0 Å². The van der Waals surface area contributed by atoms with Gasteiger partial charge < -0.3 is 15.4 Å². The minimum absolute atomic E-state index is 0. The minimum atomic E-state index is -0.266. The average molecular weight is 386 g/mol. The highest BCUT2D eigenvalue weighted by atomic mass is 35.5. The van der Waals surface area contributed by atoms with Crippen molar-refractivity contribution in [1.82, 2.24) is 25.6 Å².